The van der Waals surface area contributed by atoms with Crippen LogP contribution >= 0.6 is 0 Å². The van der Waals surface area contributed by atoms with Crippen molar-refractivity contribution in [2.45, 2.75) is 31.5 Å². The topological polar surface area (TPSA) is 30.5 Å². The normalized spacial score (nSPS) is 22.1. The summed E-state index contributed by atoms with van der Waals surface area (Å²) < 4.78 is 12.5. The Bertz CT molecular complexity index is 648. The second kappa shape index (κ2) is 7.37. The highest BCUT2D eigenvalue weighted by atomic mass is 16.5. The molecule has 1 heterocycles. The van der Waals surface area contributed by atoms with Crippen molar-refractivity contribution in [3.8, 4) is 5.75 Å². The van der Waals surface area contributed by atoms with E-state index in [1.165, 1.54) is 24.0 Å². The summed E-state index contributed by atoms with van der Waals surface area (Å²) in [5.41, 5.74) is 2.50. The van der Waals surface area contributed by atoms with Crippen LogP contribution in [-0.4, -0.2) is 25.8 Å². The first-order valence-electron chi connectivity index (χ1n) is 9.02. The largest absolute Gasteiger partial charge is 0.483 e. The third kappa shape index (κ3) is 3.80. The molecule has 2 aliphatic rings. The Hall–Kier alpha value is -1.84. The van der Waals surface area contributed by atoms with Crippen LogP contribution in [0.25, 0.3) is 0 Å². The van der Waals surface area contributed by atoms with Gasteiger partial charge in [-0.2, -0.15) is 0 Å². The molecule has 1 aliphatic carbocycles. The lowest BCUT2D eigenvalue weighted by Crippen LogP contribution is -2.43. The molecule has 0 radical (unpaired) electrons. The molecular weight excluding hydrogens is 298 g/mol. The van der Waals surface area contributed by atoms with Crippen LogP contribution in [0.2, 0.25) is 0 Å². The van der Waals surface area contributed by atoms with E-state index in [0.717, 1.165) is 37.8 Å². The number of ether oxygens (including phenoxy) is 2. The number of nitrogens with one attached hydrogen (secondary N) is 1. The molecule has 2 fully saturated rings. The van der Waals surface area contributed by atoms with Crippen LogP contribution in [0.15, 0.2) is 54.6 Å². The summed E-state index contributed by atoms with van der Waals surface area (Å²) in [4.78, 5) is 0. The van der Waals surface area contributed by atoms with Gasteiger partial charge in [-0.25, -0.2) is 0 Å². The second-order valence-corrected chi connectivity index (χ2v) is 6.82. The summed E-state index contributed by atoms with van der Waals surface area (Å²) in [5, 5.41) is 3.42. The first-order valence-corrected chi connectivity index (χ1v) is 9.02. The molecule has 1 saturated carbocycles. The number of benzene rings is 2. The van der Waals surface area contributed by atoms with Crippen LogP contribution in [-0.2, 0) is 11.2 Å². The maximum absolute atomic E-state index is 6.53. The van der Waals surface area contributed by atoms with E-state index in [0.29, 0.717) is 0 Å². The highest BCUT2D eigenvalue weighted by Gasteiger charge is 2.29. The quantitative estimate of drug-likeness (QED) is 0.878. The molecule has 4 rings (SSSR count). The Kier molecular flexibility index (Phi) is 4.81. The summed E-state index contributed by atoms with van der Waals surface area (Å²) in [6.45, 7) is 2.47. The van der Waals surface area contributed by atoms with Gasteiger partial charge >= 0.3 is 0 Å². The van der Waals surface area contributed by atoms with E-state index in [-0.39, 0.29) is 12.2 Å². The minimum Gasteiger partial charge on any atom is -0.483 e. The molecule has 2 aromatic rings. The second-order valence-electron chi connectivity index (χ2n) is 6.82. The Morgan fingerprint density at radius 3 is 2.58 bits per heavy atom. The third-order valence-corrected chi connectivity index (χ3v) is 4.85. The summed E-state index contributed by atoms with van der Waals surface area (Å²) in [6, 6.07) is 18.9. The standard InChI is InChI=1S/C21H25NO2/c1-2-6-17(7-3-1)21(20-15-22-12-13-23-20)24-19-9-5-4-8-18(19)14-16-10-11-16/h1-9,16,20-22H,10-15H2/t20-,21-/m0/s1. The van der Waals surface area contributed by atoms with Gasteiger partial charge in [-0.3, -0.25) is 0 Å². The number of rotatable bonds is 6. The van der Waals surface area contributed by atoms with Gasteiger partial charge in [0.15, 0.2) is 6.10 Å². The van der Waals surface area contributed by atoms with Crippen molar-refractivity contribution in [1.29, 1.82) is 0 Å². The third-order valence-electron chi connectivity index (χ3n) is 4.85. The molecule has 0 amide bonds. The Balaban J connectivity index is 1.59. The van der Waals surface area contributed by atoms with Crippen LogP contribution in [0.1, 0.15) is 30.1 Å². The fourth-order valence-electron chi connectivity index (χ4n) is 3.34. The van der Waals surface area contributed by atoms with E-state index in [1.807, 2.05) is 6.07 Å². The van der Waals surface area contributed by atoms with Gasteiger partial charge in [-0.05, 0) is 42.4 Å². The fraction of sp³-hybridized carbons (Fsp3) is 0.429. The van der Waals surface area contributed by atoms with E-state index in [9.17, 15) is 0 Å². The highest BCUT2D eigenvalue weighted by molar-refractivity contribution is 5.35. The van der Waals surface area contributed by atoms with Crippen molar-refractivity contribution in [1.82, 2.24) is 5.32 Å². The van der Waals surface area contributed by atoms with Crippen LogP contribution in [0.3, 0.4) is 0 Å². The lowest BCUT2D eigenvalue weighted by molar-refractivity contribution is -0.0435. The minimum atomic E-state index is -0.0839. The van der Waals surface area contributed by atoms with Crippen molar-refractivity contribution in [2.24, 2.45) is 5.92 Å². The molecule has 1 N–H and O–H groups in total. The van der Waals surface area contributed by atoms with Crippen LogP contribution in [0.4, 0.5) is 0 Å². The molecule has 3 nitrogen and oxygen atoms in total. The van der Waals surface area contributed by atoms with E-state index in [1.54, 1.807) is 0 Å². The Labute approximate surface area is 144 Å². The van der Waals surface area contributed by atoms with E-state index in [4.69, 9.17) is 9.47 Å². The van der Waals surface area contributed by atoms with Gasteiger partial charge in [0.25, 0.3) is 0 Å². The molecule has 126 valence electrons. The molecule has 2 atom stereocenters. The van der Waals surface area contributed by atoms with Crippen molar-refractivity contribution >= 4 is 0 Å². The van der Waals surface area contributed by atoms with Gasteiger partial charge in [0.1, 0.15) is 11.9 Å². The smallest absolute Gasteiger partial charge is 0.151 e. The Morgan fingerprint density at radius 2 is 1.83 bits per heavy atom. The van der Waals surface area contributed by atoms with Gasteiger partial charge in [-0.15, -0.1) is 0 Å². The van der Waals surface area contributed by atoms with Crippen molar-refractivity contribution < 1.29 is 9.47 Å². The number of para-hydroxylation sites is 1. The summed E-state index contributed by atoms with van der Waals surface area (Å²) in [7, 11) is 0. The average Bonchev–Trinajstić information content (AvgIpc) is 3.46. The average molecular weight is 323 g/mol. The van der Waals surface area contributed by atoms with Crippen LogP contribution in [0.5, 0.6) is 5.75 Å². The van der Waals surface area contributed by atoms with Crippen LogP contribution in [0, 0.1) is 5.92 Å². The molecule has 24 heavy (non-hydrogen) atoms. The Morgan fingerprint density at radius 1 is 1.04 bits per heavy atom. The molecule has 1 aliphatic heterocycles. The number of morpholine rings is 1. The van der Waals surface area contributed by atoms with Gasteiger partial charge in [0.2, 0.25) is 0 Å². The first kappa shape index (κ1) is 15.7. The maximum Gasteiger partial charge on any atom is 0.151 e. The fourth-order valence-corrected chi connectivity index (χ4v) is 3.34. The van der Waals surface area contributed by atoms with E-state index < -0.39 is 0 Å². The van der Waals surface area contributed by atoms with Crippen molar-refractivity contribution in [3.63, 3.8) is 0 Å². The molecule has 3 heteroatoms. The zero-order valence-electron chi connectivity index (χ0n) is 14.0. The molecule has 2 aromatic carbocycles. The van der Waals surface area contributed by atoms with Gasteiger partial charge < -0.3 is 14.8 Å². The summed E-state index contributed by atoms with van der Waals surface area (Å²) in [6.07, 6.45) is 3.79. The lowest BCUT2D eigenvalue weighted by atomic mass is 10.0. The first-order chi connectivity index (χ1) is 11.9. The molecular formula is C21H25NO2. The van der Waals surface area contributed by atoms with Crippen LogP contribution < -0.4 is 10.1 Å². The van der Waals surface area contributed by atoms with E-state index in [2.05, 4.69) is 53.8 Å². The monoisotopic (exact) mass is 323 g/mol. The minimum absolute atomic E-state index is 0.0372. The highest BCUT2D eigenvalue weighted by Crippen LogP contribution is 2.37. The van der Waals surface area contributed by atoms with Crippen molar-refractivity contribution in [3.05, 3.63) is 65.7 Å². The summed E-state index contributed by atoms with van der Waals surface area (Å²) in [5.74, 6) is 1.85. The van der Waals surface area contributed by atoms with Crippen molar-refractivity contribution in [2.75, 3.05) is 19.7 Å². The maximum atomic E-state index is 6.53. The zero-order valence-corrected chi connectivity index (χ0v) is 14.0. The van der Waals surface area contributed by atoms with E-state index >= 15 is 0 Å². The SMILES string of the molecule is c1ccc([C@H](Oc2ccccc2CC2CC2)[C@@H]2CNCCO2)cc1. The molecule has 0 aromatic heterocycles. The molecule has 0 unspecified atom stereocenters. The number of hydrogen-bond acceptors (Lipinski definition) is 3. The summed E-state index contributed by atoms with van der Waals surface area (Å²) >= 11 is 0. The number of hydrogen-bond donors (Lipinski definition) is 1. The van der Waals surface area contributed by atoms with Gasteiger partial charge in [0.05, 0.1) is 6.61 Å². The van der Waals surface area contributed by atoms with Gasteiger partial charge in [0, 0.05) is 13.1 Å². The predicted molar refractivity (Wildman–Crippen MR) is 95.3 cm³/mol. The lowest BCUT2D eigenvalue weighted by Gasteiger charge is -2.32. The molecule has 0 bridgehead atoms. The zero-order chi connectivity index (χ0) is 16.2. The molecule has 0 spiro atoms. The van der Waals surface area contributed by atoms with Gasteiger partial charge in [-0.1, -0.05) is 48.5 Å². The molecule has 1 saturated heterocycles. The predicted octanol–water partition coefficient (Wildman–Crippen LogP) is 3.75.